The van der Waals surface area contributed by atoms with Crippen molar-refractivity contribution < 1.29 is 18.3 Å². The molecule has 16 heavy (non-hydrogen) atoms. The lowest BCUT2D eigenvalue weighted by atomic mass is 10.2. The Labute approximate surface area is 93.0 Å². The fraction of sp³-hybridized carbons (Fsp3) is 0.300. The Morgan fingerprint density at radius 3 is 2.62 bits per heavy atom. The Hall–Kier alpha value is -1.56. The van der Waals surface area contributed by atoms with E-state index in [1.807, 2.05) is 0 Å². The minimum Gasteiger partial charge on any atom is -0.480 e. The first-order chi connectivity index (χ1) is 7.44. The highest BCUT2D eigenvalue weighted by Crippen LogP contribution is 2.32. The van der Waals surface area contributed by atoms with Crippen molar-refractivity contribution in [3.05, 3.63) is 24.3 Å². The molecular weight excluding hydrogens is 230 g/mol. The van der Waals surface area contributed by atoms with Crippen LogP contribution < -0.4 is 5.32 Å². The Kier molecular flexibility index (Phi) is 2.38. The fourth-order valence-corrected chi connectivity index (χ4v) is 3.75. The van der Waals surface area contributed by atoms with Crippen molar-refractivity contribution in [2.75, 3.05) is 5.32 Å². The molecule has 2 atom stereocenters. The van der Waals surface area contributed by atoms with E-state index in [2.05, 4.69) is 5.32 Å². The van der Waals surface area contributed by atoms with Gasteiger partial charge in [-0.2, -0.15) is 0 Å². The molecule has 0 aromatic heterocycles. The second-order valence-electron chi connectivity index (χ2n) is 3.73. The first-order valence-corrected chi connectivity index (χ1v) is 6.31. The van der Waals surface area contributed by atoms with Gasteiger partial charge in [0.15, 0.2) is 15.1 Å². The highest BCUT2D eigenvalue weighted by molar-refractivity contribution is 7.93. The number of para-hydroxylation sites is 1. The molecule has 1 aliphatic rings. The quantitative estimate of drug-likeness (QED) is 0.757. The molecule has 6 heteroatoms. The van der Waals surface area contributed by atoms with Crippen molar-refractivity contribution in [2.24, 2.45) is 0 Å². The number of fused-ring (bicyclic) bond motifs is 1. The van der Waals surface area contributed by atoms with E-state index in [4.69, 9.17) is 5.11 Å². The molecule has 2 rings (SSSR count). The number of hydrogen-bond acceptors (Lipinski definition) is 4. The van der Waals surface area contributed by atoms with Gasteiger partial charge in [0.2, 0.25) is 0 Å². The minimum absolute atomic E-state index is 0.0560. The average molecular weight is 241 g/mol. The molecule has 0 aliphatic carbocycles. The summed E-state index contributed by atoms with van der Waals surface area (Å²) in [6.45, 7) is 1.55. The third-order valence-electron chi connectivity index (χ3n) is 2.61. The molecule has 1 aromatic carbocycles. The summed E-state index contributed by atoms with van der Waals surface area (Å²) in [5.74, 6) is -1.32. The van der Waals surface area contributed by atoms with Gasteiger partial charge in [-0.05, 0) is 19.1 Å². The van der Waals surface area contributed by atoms with Crippen LogP contribution in [0.4, 0.5) is 5.69 Å². The molecule has 5 nitrogen and oxygen atoms in total. The number of hydrogen-bond donors (Lipinski definition) is 2. The third-order valence-corrected chi connectivity index (χ3v) is 4.86. The summed E-state index contributed by atoms with van der Waals surface area (Å²) < 4.78 is 24.1. The normalized spacial score (nSPS) is 26.6. The lowest BCUT2D eigenvalue weighted by Gasteiger charge is -2.29. The topological polar surface area (TPSA) is 83.5 Å². The standard InChI is InChI=1S/C10H11NO4S/c1-6-9(10(12)13)16(14,15)8-5-3-2-4-7(8)11-6/h2-6,9,11H,1H3,(H,12,13). The predicted molar refractivity (Wildman–Crippen MR) is 58.1 cm³/mol. The number of carbonyl (C=O) groups is 1. The van der Waals surface area contributed by atoms with E-state index >= 15 is 0 Å². The van der Waals surface area contributed by atoms with Crippen LogP contribution in [0.1, 0.15) is 6.92 Å². The Morgan fingerprint density at radius 1 is 1.38 bits per heavy atom. The van der Waals surface area contributed by atoms with E-state index in [0.29, 0.717) is 5.69 Å². The smallest absolute Gasteiger partial charge is 0.324 e. The maximum atomic E-state index is 12.0. The fourth-order valence-electron chi connectivity index (χ4n) is 1.91. The Balaban J connectivity index is 2.65. The molecule has 1 aliphatic heterocycles. The summed E-state index contributed by atoms with van der Waals surface area (Å²) >= 11 is 0. The molecule has 86 valence electrons. The number of benzene rings is 1. The third kappa shape index (κ3) is 1.46. The second kappa shape index (κ2) is 3.48. The van der Waals surface area contributed by atoms with E-state index in [1.54, 1.807) is 25.1 Å². The highest BCUT2D eigenvalue weighted by atomic mass is 32.2. The first-order valence-electron chi connectivity index (χ1n) is 4.77. The largest absolute Gasteiger partial charge is 0.480 e. The number of rotatable bonds is 1. The maximum absolute atomic E-state index is 12.0. The van der Waals surface area contributed by atoms with Crippen LogP contribution in [0, 0.1) is 0 Å². The van der Waals surface area contributed by atoms with Gasteiger partial charge in [0.1, 0.15) is 0 Å². The Morgan fingerprint density at radius 2 is 2.00 bits per heavy atom. The van der Waals surface area contributed by atoms with Gasteiger partial charge in [0, 0.05) is 0 Å². The zero-order valence-corrected chi connectivity index (χ0v) is 9.36. The van der Waals surface area contributed by atoms with Crippen LogP contribution in [-0.4, -0.2) is 30.8 Å². The molecule has 0 spiro atoms. The number of carboxylic acid groups (broad SMARTS) is 1. The van der Waals surface area contributed by atoms with Crippen LogP contribution >= 0.6 is 0 Å². The minimum atomic E-state index is -3.79. The average Bonchev–Trinajstić information content (AvgIpc) is 2.15. The van der Waals surface area contributed by atoms with E-state index in [-0.39, 0.29) is 4.90 Å². The zero-order chi connectivity index (χ0) is 11.9. The van der Waals surface area contributed by atoms with Crippen LogP contribution in [0.5, 0.6) is 0 Å². The number of sulfone groups is 1. The number of carboxylic acids is 1. The number of anilines is 1. The summed E-state index contributed by atoms with van der Waals surface area (Å²) in [5, 5.41) is 10.4. The summed E-state index contributed by atoms with van der Waals surface area (Å²) in [4.78, 5) is 11.0. The van der Waals surface area contributed by atoms with Crippen molar-refractivity contribution >= 4 is 21.5 Å². The van der Waals surface area contributed by atoms with Crippen molar-refractivity contribution in [2.45, 2.75) is 23.1 Å². The van der Waals surface area contributed by atoms with Gasteiger partial charge in [0.25, 0.3) is 0 Å². The van der Waals surface area contributed by atoms with Crippen molar-refractivity contribution in [3.63, 3.8) is 0 Å². The summed E-state index contributed by atoms with van der Waals surface area (Å²) in [6, 6.07) is 5.68. The molecule has 0 radical (unpaired) electrons. The van der Waals surface area contributed by atoms with Gasteiger partial charge in [-0.3, -0.25) is 4.79 Å². The highest BCUT2D eigenvalue weighted by Gasteiger charge is 2.43. The Bertz CT molecular complexity index is 538. The van der Waals surface area contributed by atoms with E-state index in [1.165, 1.54) is 6.07 Å². The molecule has 0 amide bonds. The molecule has 0 fully saturated rings. The molecule has 0 saturated heterocycles. The molecule has 0 bridgehead atoms. The summed E-state index contributed by atoms with van der Waals surface area (Å²) in [5.41, 5.74) is 0.465. The van der Waals surface area contributed by atoms with Crippen LogP contribution in [-0.2, 0) is 14.6 Å². The summed E-state index contributed by atoms with van der Waals surface area (Å²) in [6.07, 6.45) is 0. The first kappa shape index (κ1) is 10.9. The van der Waals surface area contributed by atoms with E-state index in [9.17, 15) is 13.2 Å². The molecule has 1 aromatic rings. The molecule has 2 N–H and O–H groups in total. The monoisotopic (exact) mass is 241 g/mol. The number of aliphatic carboxylic acids is 1. The lowest BCUT2D eigenvalue weighted by molar-refractivity contribution is -0.136. The lowest BCUT2D eigenvalue weighted by Crippen LogP contribution is -2.46. The molecular formula is C10H11NO4S. The second-order valence-corrected chi connectivity index (χ2v) is 5.77. The molecule has 2 unspecified atom stereocenters. The summed E-state index contributed by atoms with van der Waals surface area (Å²) in [7, 11) is -3.79. The van der Waals surface area contributed by atoms with Gasteiger partial charge in [-0.15, -0.1) is 0 Å². The van der Waals surface area contributed by atoms with Crippen molar-refractivity contribution in [1.29, 1.82) is 0 Å². The van der Waals surface area contributed by atoms with Crippen molar-refractivity contribution in [3.8, 4) is 0 Å². The maximum Gasteiger partial charge on any atom is 0.324 e. The predicted octanol–water partition coefficient (Wildman–Crippen LogP) is 0.727. The molecule has 0 saturated carbocycles. The van der Waals surface area contributed by atoms with E-state index in [0.717, 1.165) is 0 Å². The van der Waals surface area contributed by atoms with E-state index < -0.39 is 27.1 Å². The van der Waals surface area contributed by atoms with Crippen LogP contribution in [0.3, 0.4) is 0 Å². The van der Waals surface area contributed by atoms with Crippen molar-refractivity contribution in [1.82, 2.24) is 0 Å². The van der Waals surface area contributed by atoms with Gasteiger partial charge in [-0.25, -0.2) is 8.42 Å². The van der Waals surface area contributed by atoms with Crippen LogP contribution in [0.25, 0.3) is 0 Å². The van der Waals surface area contributed by atoms with Gasteiger partial charge in [0.05, 0.1) is 16.6 Å². The van der Waals surface area contributed by atoms with Gasteiger partial charge >= 0.3 is 5.97 Å². The zero-order valence-electron chi connectivity index (χ0n) is 8.54. The van der Waals surface area contributed by atoms with Gasteiger partial charge in [-0.1, -0.05) is 12.1 Å². The van der Waals surface area contributed by atoms with Crippen LogP contribution in [0.2, 0.25) is 0 Å². The SMILES string of the molecule is CC1Nc2ccccc2S(=O)(=O)C1C(=O)O. The molecule has 1 heterocycles. The number of nitrogens with one attached hydrogen (secondary N) is 1. The van der Waals surface area contributed by atoms with Crippen LogP contribution in [0.15, 0.2) is 29.2 Å². The van der Waals surface area contributed by atoms with Gasteiger partial charge < -0.3 is 10.4 Å².